The van der Waals surface area contributed by atoms with Crippen molar-refractivity contribution in [2.75, 3.05) is 31.7 Å². The van der Waals surface area contributed by atoms with E-state index in [1.165, 1.54) is 11.8 Å². The summed E-state index contributed by atoms with van der Waals surface area (Å²) in [5.74, 6) is 0.392. The average Bonchev–Trinajstić information content (AvgIpc) is 2.51. The number of H-pyrrole nitrogens is 1. The van der Waals surface area contributed by atoms with Crippen molar-refractivity contribution in [1.29, 1.82) is 0 Å². The monoisotopic (exact) mass is 332 g/mol. The fourth-order valence-electron chi connectivity index (χ4n) is 3.47. The zero-order valence-corrected chi connectivity index (χ0v) is 14.7. The molecule has 2 N–H and O–H groups in total. The number of rotatable bonds is 2. The topological polar surface area (TPSA) is 82.4 Å². The van der Waals surface area contributed by atoms with Gasteiger partial charge in [0.2, 0.25) is 5.95 Å². The zero-order valence-electron chi connectivity index (χ0n) is 14.7. The Morgan fingerprint density at radius 3 is 2.79 bits per heavy atom. The first-order chi connectivity index (χ1) is 11.4. The van der Waals surface area contributed by atoms with Gasteiger partial charge in [-0.2, -0.15) is 5.10 Å². The van der Waals surface area contributed by atoms with Crippen molar-refractivity contribution >= 4 is 17.4 Å². The van der Waals surface area contributed by atoms with Gasteiger partial charge in [-0.15, -0.1) is 0 Å². The number of morpholine rings is 1. The van der Waals surface area contributed by atoms with E-state index in [-0.39, 0.29) is 11.0 Å². The lowest BCUT2D eigenvalue weighted by Gasteiger charge is -2.31. The highest BCUT2D eigenvalue weighted by Crippen LogP contribution is 2.32. The quantitative estimate of drug-likeness (QED) is 0.636. The minimum atomic E-state index is -0.172. The van der Waals surface area contributed by atoms with Crippen molar-refractivity contribution in [1.82, 2.24) is 9.97 Å². The molecule has 130 valence electrons. The lowest BCUT2D eigenvalue weighted by Crippen LogP contribution is -2.39. The van der Waals surface area contributed by atoms with Gasteiger partial charge in [-0.3, -0.25) is 9.78 Å². The first-order valence-corrected chi connectivity index (χ1v) is 8.48. The number of aryl methyl sites for hydroxylation is 1. The Labute approximate surface area is 141 Å². The summed E-state index contributed by atoms with van der Waals surface area (Å²) < 4.78 is 7.89. The molecule has 1 saturated carbocycles. The van der Waals surface area contributed by atoms with E-state index in [4.69, 9.17) is 4.74 Å². The van der Waals surface area contributed by atoms with Gasteiger partial charge in [0.15, 0.2) is 18.8 Å². The fraction of sp³-hybridized carbons (Fsp3) is 0.647. The maximum Gasteiger partial charge on any atom is 0.252 e. The first kappa shape index (κ1) is 16.8. The fourth-order valence-corrected chi connectivity index (χ4v) is 3.47. The molecule has 1 aromatic heterocycles. The van der Waals surface area contributed by atoms with E-state index in [0.717, 1.165) is 51.3 Å². The molecule has 1 saturated heterocycles. The van der Waals surface area contributed by atoms with Crippen LogP contribution in [0.3, 0.4) is 0 Å². The van der Waals surface area contributed by atoms with E-state index in [0.29, 0.717) is 11.6 Å². The highest BCUT2D eigenvalue weighted by Gasteiger charge is 2.34. The van der Waals surface area contributed by atoms with Crippen molar-refractivity contribution in [3.05, 3.63) is 22.1 Å². The molecule has 0 amide bonds. The Kier molecular flexibility index (Phi) is 4.80. The van der Waals surface area contributed by atoms with E-state index in [1.54, 1.807) is 6.92 Å². The summed E-state index contributed by atoms with van der Waals surface area (Å²) in [6.07, 6.45) is 2.89. The van der Waals surface area contributed by atoms with E-state index in [2.05, 4.69) is 38.9 Å². The van der Waals surface area contributed by atoms with Gasteiger partial charge in [-0.1, -0.05) is 13.8 Å². The predicted octanol–water partition coefficient (Wildman–Crippen LogP) is 1.54. The van der Waals surface area contributed by atoms with Crippen molar-refractivity contribution < 1.29 is 9.31 Å². The van der Waals surface area contributed by atoms with E-state index in [9.17, 15) is 4.79 Å². The molecule has 1 aromatic rings. The molecule has 1 aliphatic heterocycles. The number of hydrazone groups is 1. The van der Waals surface area contributed by atoms with Crippen LogP contribution in [0.1, 0.15) is 38.8 Å². The van der Waals surface area contributed by atoms with Crippen LogP contribution in [0.15, 0.2) is 16.0 Å². The Hall–Kier alpha value is -2.02. The van der Waals surface area contributed by atoms with Gasteiger partial charge >= 0.3 is 0 Å². The summed E-state index contributed by atoms with van der Waals surface area (Å²) in [6.45, 7) is 9.84. The Morgan fingerprint density at radius 2 is 2.08 bits per heavy atom. The second-order valence-corrected chi connectivity index (χ2v) is 7.39. The summed E-state index contributed by atoms with van der Waals surface area (Å²) in [7, 11) is 0. The molecule has 7 nitrogen and oxygen atoms in total. The highest BCUT2D eigenvalue weighted by atomic mass is 16.5. The van der Waals surface area contributed by atoms with Crippen LogP contribution in [0.5, 0.6) is 0 Å². The molecule has 1 aliphatic carbocycles. The van der Waals surface area contributed by atoms with Crippen LogP contribution in [0.2, 0.25) is 0 Å². The second-order valence-electron chi connectivity index (χ2n) is 7.39. The normalized spacial score (nSPS) is 22.7. The molecule has 0 unspecified atom stereocenters. The van der Waals surface area contributed by atoms with Crippen molar-refractivity contribution in [2.45, 2.75) is 40.0 Å². The second kappa shape index (κ2) is 6.84. The SMILES string of the molecule is Cc1cc(=O)[nH]c(NN=C2CC(=[N+]3CCOCC3)CC(C)(C)C2)n1. The lowest BCUT2D eigenvalue weighted by molar-refractivity contribution is -0.551. The lowest BCUT2D eigenvalue weighted by atomic mass is 9.75. The molecule has 0 aromatic carbocycles. The molecule has 0 radical (unpaired) electrons. The van der Waals surface area contributed by atoms with Crippen LogP contribution < -0.4 is 11.0 Å². The van der Waals surface area contributed by atoms with Crippen molar-refractivity contribution in [3.63, 3.8) is 0 Å². The number of aromatic nitrogens is 2. The van der Waals surface area contributed by atoms with Crippen LogP contribution in [0.25, 0.3) is 0 Å². The summed E-state index contributed by atoms with van der Waals surface area (Å²) in [6, 6.07) is 1.46. The maximum atomic E-state index is 11.5. The maximum absolute atomic E-state index is 11.5. The summed E-state index contributed by atoms with van der Waals surface area (Å²) in [5, 5.41) is 4.53. The number of hydrogen-bond acceptors (Lipinski definition) is 5. The van der Waals surface area contributed by atoms with Crippen molar-refractivity contribution in [2.24, 2.45) is 10.5 Å². The van der Waals surface area contributed by atoms with Crippen molar-refractivity contribution in [3.8, 4) is 0 Å². The number of anilines is 1. The number of hydrogen-bond donors (Lipinski definition) is 2. The molecule has 2 heterocycles. The highest BCUT2D eigenvalue weighted by molar-refractivity contribution is 6.05. The average molecular weight is 332 g/mol. The number of aromatic amines is 1. The van der Waals surface area contributed by atoms with Crippen LogP contribution in [-0.2, 0) is 4.74 Å². The minimum absolute atomic E-state index is 0.172. The molecular formula is C17H26N5O2+. The minimum Gasteiger partial charge on any atom is -0.368 e. The van der Waals surface area contributed by atoms with Gasteiger partial charge in [0.05, 0.1) is 6.42 Å². The molecule has 0 bridgehead atoms. The largest absolute Gasteiger partial charge is 0.368 e. The molecule has 0 spiro atoms. The molecule has 3 rings (SSSR count). The molecule has 7 heteroatoms. The Bertz CT molecular complexity index is 725. The Balaban J connectivity index is 1.80. The van der Waals surface area contributed by atoms with E-state index < -0.39 is 0 Å². The van der Waals surface area contributed by atoms with Gasteiger partial charge < -0.3 is 4.74 Å². The van der Waals surface area contributed by atoms with Gasteiger partial charge in [0, 0.05) is 23.9 Å². The number of nitrogens with one attached hydrogen (secondary N) is 2. The molecule has 2 fully saturated rings. The van der Waals surface area contributed by atoms with Gasteiger partial charge in [-0.25, -0.2) is 15.0 Å². The van der Waals surface area contributed by atoms with Gasteiger partial charge in [0.25, 0.3) is 5.56 Å². The summed E-state index contributed by atoms with van der Waals surface area (Å²) in [4.78, 5) is 18.4. The molecule has 0 atom stereocenters. The third kappa shape index (κ3) is 4.29. The first-order valence-electron chi connectivity index (χ1n) is 8.48. The smallest absolute Gasteiger partial charge is 0.252 e. The zero-order chi connectivity index (χ0) is 17.2. The predicted molar refractivity (Wildman–Crippen MR) is 94.1 cm³/mol. The van der Waals surface area contributed by atoms with Gasteiger partial charge in [0.1, 0.15) is 13.2 Å². The van der Waals surface area contributed by atoms with Crippen LogP contribution in [0, 0.1) is 12.3 Å². The molecule has 24 heavy (non-hydrogen) atoms. The summed E-state index contributed by atoms with van der Waals surface area (Å²) >= 11 is 0. The molecular weight excluding hydrogens is 306 g/mol. The third-order valence-corrected chi connectivity index (χ3v) is 4.42. The van der Waals surface area contributed by atoms with Gasteiger partial charge in [-0.05, 0) is 18.8 Å². The third-order valence-electron chi connectivity index (χ3n) is 4.42. The summed E-state index contributed by atoms with van der Waals surface area (Å²) in [5.41, 5.74) is 6.13. The standard InChI is InChI=1S/C17H25N5O2/c1-12-8-15(23)19-16(18-12)21-20-13-9-14(11-17(2,3)10-13)22-4-6-24-7-5-22/h8H,4-7,9-11H2,1-3H3,(H-,18,19,21,23)/p+1. The molecule has 2 aliphatic rings. The van der Waals surface area contributed by atoms with Crippen LogP contribution >= 0.6 is 0 Å². The van der Waals surface area contributed by atoms with E-state index in [1.807, 2.05) is 0 Å². The Morgan fingerprint density at radius 1 is 1.33 bits per heavy atom. The van der Waals surface area contributed by atoms with E-state index >= 15 is 0 Å². The number of ether oxygens (including phenoxy) is 1. The van der Waals surface area contributed by atoms with Crippen LogP contribution in [-0.4, -0.2) is 52.3 Å². The number of nitrogens with zero attached hydrogens (tertiary/aromatic N) is 3. The van der Waals surface area contributed by atoms with Crippen LogP contribution in [0.4, 0.5) is 5.95 Å².